The van der Waals surface area contributed by atoms with Crippen molar-refractivity contribution in [3.05, 3.63) is 65.5 Å². The van der Waals surface area contributed by atoms with Gasteiger partial charge in [-0.1, -0.05) is 51.1 Å². The first-order valence-corrected chi connectivity index (χ1v) is 11.9. The number of nitrogens with one attached hydrogen (secondary N) is 1. The van der Waals surface area contributed by atoms with Crippen molar-refractivity contribution in [2.45, 2.75) is 65.6 Å². The van der Waals surface area contributed by atoms with Crippen LogP contribution in [0.25, 0.3) is 0 Å². The largest absolute Gasteiger partial charge is 0.332 e. The molecule has 1 saturated carbocycles. The van der Waals surface area contributed by atoms with Crippen LogP contribution in [0.4, 0.5) is 4.79 Å². The van der Waals surface area contributed by atoms with Crippen molar-refractivity contribution >= 4 is 17.8 Å². The normalized spacial score (nSPS) is 23.8. The van der Waals surface area contributed by atoms with E-state index < -0.39 is 11.6 Å². The van der Waals surface area contributed by atoms with Gasteiger partial charge in [0.15, 0.2) is 0 Å². The molecule has 7 nitrogen and oxygen atoms in total. The molecule has 2 unspecified atom stereocenters. The molecule has 180 valence electrons. The van der Waals surface area contributed by atoms with E-state index in [2.05, 4.69) is 31.1 Å². The molecular formula is C27H34N4O3. The zero-order valence-corrected chi connectivity index (χ0v) is 20.5. The van der Waals surface area contributed by atoms with E-state index in [1.165, 1.54) is 0 Å². The monoisotopic (exact) mass is 462 g/mol. The Morgan fingerprint density at radius 2 is 1.91 bits per heavy atom. The average Bonchev–Trinajstić information content (AvgIpc) is 2.97. The molecule has 0 bridgehead atoms. The number of aromatic nitrogens is 1. The van der Waals surface area contributed by atoms with Crippen LogP contribution in [0.1, 0.15) is 56.7 Å². The zero-order chi connectivity index (χ0) is 24.5. The number of carbonyl (C=O) groups excluding carboxylic acids is 3. The Labute approximate surface area is 201 Å². The van der Waals surface area contributed by atoms with Crippen LogP contribution in [-0.4, -0.2) is 44.7 Å². The standard InChI is InChI=1S/C27H34N4O3/c1-19-12-26(3,4)18-27(13-19)24(33)31(25(34)29-27)17-23(32)30(15-21-9-7-11-28-14-21)16-22-10-6-5-8-20(22)2/h5-11,14,19H,12-13,15-18H2,1-4H3,(H,29,34). The van der Waals surface area contributed by atoms with E-state index in [9.17, 15) is 14.4 Å². The molecule has 2 heterocycles. The van der Waals surface area contributed by atoms with Gasteiger partial charge >= 0.3 is 6.03 Å². The Morgan fingerprint density at radius 3 is 2.59 bits per heavy atom. The molecule has 34 heavy (non-hydrogen) atoms. The maximum absolute atomic E-state index is 13.5. The van der Waals surface area contributed by atoms with E-state index in [1.54, 1.807) is 17.3 Å². The van der Waals surface area contributed by atoms with E-state index in [0.717, 1.165) is 28.0 Å². The van der Waals surface area contributed by atoms with Gasteiger partial charge in [-0.25, -0.2) is 4.79 Å². The molecule has 1 aliphatic carbocycles. The lowest BCUT2D eigenvalue weighted by atomic mass is 9.64. The number of hydrogen-bond acceptors (Lipinski definition) is 4. The fraction of sp³-hybridized carbons (Fsp3) is 0.481. The van der Waals surface area contributed by atoms with Crippen LogP contribution in [0.5, 0.6) is 0 Å². The zero-order valence-electron chi connectivity index (χ0n) is 20.5. The van der Waals surface area contributed by atoms with Crippen molar-refractivity contribution < 1.29 is 14.4 Å². The summed E-state index contributed by atoms with van der Waals surface area (Å²) in [6.45, 7) is 8.86. The smallest absolute Gasteiger partial charge is 0.325 e. The second kappa shape index (κ2) is 9.20. The van der Waals surface area contributed by atoms with E-state index in [0.29, 0.717) is 31.8 Å². The summed E-state index contributed by atoms with van der Waals surface area (Å²) in [5, 5.41) is 2.96. The first kappa shape index (κ1) is 23.9. The van der Waals surface area contributed by atoms with Crippen LogP contribution in [0.2, 0.25) is 0 Å². The van der Waals surface area contributed by atoms with Gasteiger partial charge in [0.2, 0.25) is 5.91 Å². The van der Waals surface area contributed by atoms with Gasteiger partial charge in [-0.3, -0.25) is 19.5 Å². The Balaban J connectivity index is 1.55. The highest BCUT2D eigenvalue weighted by Crippen LogP contribution is 2.46. The van der Waals surface area contributed by atoms with E-state index in [-0.39, 0.29) is 23.8 Å². The summed E-state index contributed by atoms with van der Waals surface area (Å²) in [5.74, 6) is -0.231. The third kappa shape index (κ3) is 4.98. The topological polar surface area (TPSA) is 82.6 Å². The van der Waals surface area contributed by atoms with Gasteiger partial charge < -0.3 is 10.2 Å². The Kier molecular flexibility index (Phi) is 6.47. The molecule has 2 aromatic rings. The molecule has 1 aromatic carbocycles. The number of amides is 4. The molecule has 1 aliphatic heterocycles. The van der Waals surface area contributed by atoms with Crippen LogP contribution >= 0.6 is 0 Å². The lowest BCUT2D eigenvalue weighted by Gasteiger charge is -2.43. The number of imide groups is 1. The molecule has 2 fully saturated rings. The number of carbonyl (C=O) groups is 3. The van der Waals surface area contributed by atoms with Crippen LogP contribution in [0, 0.1) is 18.3 Å². The molecule has 1 spiro atoms. The predicted molar refractivity (Wildman–Crippen MR) is 129 cm³/mol. The SMILES string of the molecule is Cc1ccccc1CN(Cc1cccnc1)C(=O)CN1C(=O)NC2(CC(C)CC(C)(C)C2)C1=O. The summed E-state index contributed by atoms with van der Waals surface area (Å²) in [6.07, 6.45) is 5.62. The molecule has 1 N–H and O–H groups in total. The number of rotatable bonds is 6. The van der Waals surface area contributed by atoms with Crippen molar-refractivity contribution in [1.82, 2.24) is 20.1 Å². The van der Waals surface area contributed by atoms with Crippen LogP contribution in [0.15, 0.2) is 48.8 Å². The van der Waals surface area contributed by atoms with Crippen molar-refractivity contribution in [2.24, 2.45) is 11.3 Å². The first-order chi connectivity index (χ1) is 16.1. The molecule has 2 aliphatic rings. The second-order valence-corrected chi connectivity index (χ2v) is 10.8. The van der Waals surface area contributed by atoms with Gasteiger partial charge in [0.05, 0.1) is 0 Å². The summed E-state index contributed by atoms with van der Waals surface area (Å²) in [5.41, 5.74) is 2.02. The summed E-state index contributed by atoms with van der Waals surface area (Å²) in [7, 11) is 0. The van der Waals surface area contributed by atoms with Gasteiger partial charge in [-0.15, -0.1) is 0 Å². The fourth-order valence-electron chi connectivity index (χ4n) is 5.82. The minimum Gasteiger partial charge on any atom is -0.332 e. The Morgan fingerprint density at radius 1 is 1.15 bits per heavy atom. The van der Waals surface area contributed by atoms with Crippen LogP contribution in [-0.2, 0) is 22.7 Å². The van der Waals surface area contributed by atoms with Gasteiger partial charge in [0.25, 0.3) is 5.91 Å². The maximum Gasteiger partial charge on any atom is 0.325 e. The molecule has 1 saturated heterocycles. The van der Waals surface area contributed by atoms with Gasteiger partial charge in [0.1, 0.15) is 12.1 Å². The van der Waals surface area contributed by atoms with E-state index in [1.807, 2.05) is 43.3 Å². The second-order valence-electron chi connectivity index (χ2n) is 10.8. The number of benzene rings is 1. The van der Waals surface area contributed by atoms with Gasteiger partial charge in [-0.2, -0.15) is 0 Å². The number of hydrogen-bond donors (Lipinski definition) is 1. The highest BCUT2D eigenvalue weighted by atomic mass is 16.2. The van der Waals surface area contributed by atoms with Crippen LogP contribution in [0.3, 0.4) is 0 Å². The van der Waals surface area contributed by atoms with Crippen molar-refractivity contribution in [3.8, 4) is 0 Å². The van der Waals surface area contributed by atoms with Crippen molar-refractivity contribution in [1.29, 1.82) is 0 Å². The van der Waals surface area contributed by atoms with Gasteiger partial charge in [0, 0.05) is 25.5 Å². The highest BCUT2D eigenvalue weighted by Gasteiger charge is 2.56. The minimum atomic E-state index is -0.914. The lowest BCUT2D eigenvalue weighted by molar-refractivity contribution is -0.141. The molecule has 0 radical (unpaired) electrons. The van der Waals surface area contributed by atoms with Crippen molar-refractivity contribution in [2.75, 3.05) is 6.54 Å². The van der Waals surface area contributed by atoms with E-state index in [4.69, 9.17) is 0 Å². The highest BCUT2D eigenvalue weighted by molar-refractivity contribution is 6.09. The number of nitrogens with zero attached hydrogens (tertiary/aromatic N) is 3. The summed E-state index contributed by atoms with van der Waals surface area (Å²) < 4.78 is 0. The number of aryl methyl sites for hydroxylation is 1. The average molecular weight is 463 g/mol. The lowest BCUT2D eigenvalue weighted by Crippen LogP contribution is -2.54. The summed E-state index contributed by atoms with van der Waals surface area (Å²) >= 11 is 0. The molecule has 4 rings (SSSR count). The fourth-order valence-corrected chi connectivity index (χ4v) is 5.82. The molecule has 7 heteroatoms. The minimum absolute atomic E-state index is 0.0577. The third-order valence-electron chi connectivity index (χ3n) is 6.99. The maximum atomic E-state index is 13.5. The summed E-state index contributed by atoms with van der Waals surface area (Å²) in [4.78, 5) is 46.9. The molecular weight excluding hydrogens is 428 g/mol. The summed E-state index contributed by atoms with van der Waals surface area (Å²) in [6, 6.07) is 11.2. The third-order valence-corrected chi connectivity index (χ3v) is 6.99. The molecule has 4 amide bonds. The Bertz CT molecular complexity index is 1080. The quantitative estimate of drug-likeness (QED) is 0.657. The Hall–Kier alpha value is -3.22. The van der Waals surface area contributed by atoms with Crippen molar-refractivity contribution in [3.63, 3.8) is 0 Å². The molecule has 2 atom stereocenters. The predicted octanol–water partition coefficient (Wildman–Crippen LogP) is 4.06. The van der Waals surface area contributed by atoms with Crippen LogP contribution < -0.4 is 5.32 Å². The number of pyridine rings is 1. The number of urea groups is 1. The van der Waals surface area contributed by atoms with E-state index >= 15 is 0 Å². The molecule has 1 aromatic heterocycles. The van der Waals surface area contributed by atoms with Gasteiger partial charge in [-0.05, 0) is 60.3 Å². The first-order valence-electron chi connectivity index (χ1n) is 11.9.